The lowest BCUT2D eigenvalue weighted by atomic mass is 9.96. The van der Waals surface area contributed by atoms with E-state index in [0.29, 0.717) is 12.1 Å². The normalized spacial score (nSPS) is 22.9. The van der Waals surface area contributed by atoms with Gasteiger partial charge >= 0.3 is 0 Å². The zero-order chi connectivity index (χ0) is 13.0. The Morgan fingerprint density at radius 2 is 2.11 bits per heavy atom. The van der Waals surface area contributed by atoms with E-state index in [9.17, 15) is 0 Å². The quantitative estimate of drug-likeness (QED) is 0.842. The van der Waals surface area contributed by atoms with E-state index in [1.165, 1.54) is 11.1 Å². The molecule has 1 fully saturated rings. The molecule has 1 aliphatic rings. The van der Waals surface area contributed by atoms with E-state index >= 15 is 0 Å². The van der Waals surface area contributed by atoms with Gasteiger partial charge in [-0.05, 0) is 31.6 Å². The van der Waals surface area contributed by atoms with Gasteiger partial charge < -0.3 is 10.6 Å². The maximum absolute atomic E-state index is 3.49. The van der Waals surface area contributed by atoms with Crippen molar-refractivity contribution in [2.24, 2.45) is 0 Å². The third-order valence-electron chi connectivity index (χ3n) is 4.00. The maximum Gasteiger partial charge on any atom is 0.0488 e. The van der Waals surface area contributed by atoms with Crippen LogP contribution in [0.25, 0.3) is 0 Å². The first kappa shape index (κ1) is 13.5. The third kappa shape index (κ3) is 2.91. The van der Waals surface area contributed by atoms with Crippen molar-refractivity contribution in [3.8, 4) is 0 Å². The van der Waals surface area contributed by atoms with Crippen LogP contribution in [0.1, 0.15) is 24.1 Å². The Bertz CT molecular complexity index is 361. The van der Waals surface area contributed by atoms with Gasteiger partial charge in [0, 0.05) is 31.7 Å². The Morgan fingerprint density at radius 1 is 1.39 bits per heavy atom. The van der Waals surface area contributed by atoms with Gasteiger partial charge in [-0.25, -0.2) is 0 Å². The van der Waals surface area contributed by atoms with E-state index < -0.39 is 0 Å². The molecule has 0 radical (unpaired) electrons. The number of rotatable bonds is 4. The highest BCUT2D eigenvalue weighted by atomic mass is 15.2. The zero-order valence-corrected chi connectivity index (χ0v) is 11.7. The Labute approximate surface area is 111 Å². The van der Waals surface area contributed by atoms with Gasteiger partial charge in [0.1, 0.15) is 0 Å². The molecule has 3 nitrogen and oxygen atoms in total. The summed E-state index contributed by atoms with van der Waals surface area (Å²) in [5, 5.41) is 6.96. The molecule has 1 aromatic carbocycles. The summed E-state index contributed by atoms with van der Waals surface area (Å²) < 4.78 is 0. The molecule has 1 aliphatic heterocycles. The van der Waals surface area contributed by atoms with Crippen LogP contribution in [0.2, 0.25) is 0 Å². The monoisotopic (exact) mass is 247 g/mol. The zero-order valence-electron chi connectivity index (χ0n) is 11.7. The largest absolute Gasteiger partial charge is 0.314 e. The smallest absolute Gasteiger partial charge is 0.0488 e. The van der Waals surface area contributed by atoms with Crippen molar-refractivity contribution in [2.75, 3.05) is 33.7 Å². The number of aryl methyl sites for hydroxylation is 1. The van der Waals surface area contributed by atoms with Crippen molar-refractivity contribution in [1.82, 2.24) is 15.5 Å². The molecular formula is C15H25N3. The van der Waals surface area contributed by atoms with Crippen LogP contribution in [-0.4, -0.2) is 44.7 Å². The Hall–Kier alpha value is -0.900. The molecule has 2 rings (SSSR count). The molecule has 100 valence electrons. The highest BCUT2D eigenvalue weighted by molar-refractivity contribution is 5.26. The number of benzene rings is 1. The fourth-order valence-corrected chi connectivity index (χ4v) is 2.74. The summed E-state index contributed by atoms with van der Waals surface area (Å²) in [6, 6.07) is 9.95. The van der Waals surface area contributed by atoms with Crippen LogP contribution >= 0.6 is 0 Å². The van der Waals surface area contributed by atoms with Gasteiger partial charge in [0.05, 0.1) is 0 Å². The lowest BCUT2D eigenvalue weighted by molar-refractivity contribution is 0.162. The fraction of sp³-hybridized carbons (Fsp3) is 0.600. The lowest BCUT2D eigenvalue weighted by Gasteiger charge is -2.38. The minimum Gasteiger partial charge on any atom is -0.314 e. The van der Waals surface area contributed by atoms with E-state index in [1.54, 1.807) is 0 Å². The average molecular weight is 247 g/mol. The van der Waals surface area contributed by atoms with Crippen LogP contribution < -0.4 is 10.6 Å². The Morgan fingerprint density at radius 3 is 2.67 bits per heavy atom. The fourth-order valence-electron chi connectivity index (χ4n) is 2.74. The van der Waals surface area contributed by atoms with E-state index in [1.807, 2.05) is 0 Å². The van der Waals surface area contributed by atoms with Crippen LogP contribution in [0.3, 0.4) is 0 Å². The van der Waals surface area contributed by atoms with Crippen LogP contribution in [0.4, 0.5) is 0 Å². The summed E-state index contributed by atoms with van der Waals surface area (Å²) in [4.78, 5) is 2.45. The van der Waals surface area contributed by atoms with Gasteiger partial charge in [0.25, 0.3) is 0 Å². The summed E-state index contributed by atoms with van der Waals surface area (Å²) in [5.74, 6) is 0. The predicted molar refractivity (Wildman–Crippen MR) is 76.9 cm³/mol. The molecular weight excluding hydrogens is 222 g/mol. The highest BCUT2D eigenvalue weighted by Gasteiger charge is 2.27. The Kier molecular flexibility index (Phi) is 4.75. The van der Waals surface area contributed by atoms with Crippen LogP contribution in [0, 0.1) is 0 Å². The second-order valence-corrected chi connectivity index (χ2v) is 5.11. The number of hydrogen-bond acceptors (Lipinski definition) is 3. The topological polar surface area (TPSA) is 27.3 Å². The third-order valence-corrected chi connectivity index (χ3v) is 4.00. The standard InChI is InChI=1S/C15H25N3/c1-4-12-5-7-13(8-6-12)15(16-2)14-11-17-9-10-18(14)3/h5-8,14-17H,4,9-11H2,1-3H3. The first-order valence-electron chi connectivity index (χ1n) is 6.93. The number of nitrogens with zero attached hydrogens (tertiary/aromatic N) is 1. The molecule has 0 amide bonds. The molecule has 3 heteroatoms. The molecule has 0 saturated carbocycles. The number of likely N-dealkylation sites (N-methyl/N-ethyl adjacent to an activating group) is 2. The van der Waals surface area contributed by atoms with Crippen molar-refractivity contribution >= 4 is 0 Å². The molecule has 1 heterocycles. The Balaban J connectivity index is 2.15. The molecule has 0 aromatic heterocycles. The van der Waals surface area contributed by atoms with Crippen LogP contribution in [0.5, 0.6) is 0 Å². The summed E-state index contributed by atoms with van der Waals surface area (Å²) in [6.07, 6.45) is 1.11. The molecule has 0 spiro atoms. The van der Waals surface area contributed by atoms with Crippen LogP contribution in [0.15, 0.2) is 24.3 Å². The minimum absolute atomic E-state index is 0.397. The van der Waals surface area contributed by atoms with Crippen molar-refractivity contribution < 1.29 is 0 Å². The maximum atomic E-state index is 3.49. The summed E-state index contributed by atoms with van der Waals surface area (Å²) in [6.45, 7) is 5.47. The van der Waals surface area contributed by atoms with Crippen molar-refractivity contribution in [3.63, 3.8) is 0 Å². The number of nitrogens with one attached hydrogen (secondary N) is 2. The van der Waals surface area contributed by atoms with E-state index in [0.717, 1.165) is 26.1 Å². The van der Waals surface area contributed by atoms with Gasteiger partial charge in [0.15, 0.2) is 0 Å². The molecule has 2 unspecified atom stereocenters. The number of piperazine rings is 1. The average Bonchev–Trinajstić information content (AvgIpc) is 2.42. The first-order chi connectivity index (χ1) is 8.76. The molecule has 2 atom stereocenters. The summed E-state index contributed by atoms with van der Waals surface area (Å²) >= 11 is 0. The van der Waals surface area contributed by atoms with Crippen LogP contribution in [-0.2, 0) is 6.42 Å². The minimum atomic E-state index is 0.397. The number of hydrogen-bond donors (Lipinski definition) is 2. The van der Waals surface area contributed by atoms with Gasteiger partial charge in [0.2, 0.25) is 0 Å². The van der Waals surface area contributed by atoms with Crippen molar-refractivity contribution in [1.29, 1.82) is 0 Å². The summed E-state index contributed by atoms with van der Waals surface area (Å²) in [7, 11) is 4.27. The van der Waals surface area contributed by atoms with Gasteiger partial charge in [-0.1, -0.05) is 31.2 Å². The molecule has 0 bridgehead atoms. The summed E-state index contributed by atoms with van der Waals surface area (Å²) in [5.41, 5.74) is 2.79. The lowest BCUT2D eigenvalue weighted by Crippen LogP contribution is -2.54. The van der Waals surface area contributed by atoms with Gasteiger partial charge in [-0.2, -0.15) is 0 Å². The van der Waals surface area contributed by atoms with Gasteiger partial charge in [-0.3, -0.25) is 4.90 Å². The second kappa shape index (κ2) is 6.32. The molecule has 2 N–H and O–H groups in total. The molecule has 18 heavy (non-hydrogen) atoms. The SMILES string of the molecule is CCc1ccc(C(NC)C2CNCCN2C)cc1. The van der Waals surface area contributed by atoms with E-state index in [-0.39, 0.29) is 0 Å². The van der Waals surface area contributed by atoms with E-state index in [2.05, 4.69) is 60.8 Å². The van der Waals surface area contributed by atoms with Crippen molar-refractivity contribution in [2.45, 2.75) is 25.4 Å². The molecule has 0 aliphatic carbocycles. The van der Waals surface area contributed by atoms with E-state index in [4.69, 9.17) is 0 Å². The van der Waals surface area contributed by atoms with Gasteiger partial charge in [-0.15, -0.1) is 0 Å². The highest BCUT2D eigenvalue weighted by Crippen LogP contribution is 2.21. The predicted octanol–water partition coefficient (Wildman–Crippen LogP) is 1.41. The van der Waals surface area contributed by atoms with Crippen molar-refractivity contribution in [3.05, 3.63) is 35.4 Å². The molecule has 1 aromatic rings. The first-order valence-corrected chi connectivity index (χ1v) is 6.93. The second-order valence-electron chi connectivity index (χ2n) is 5.11. The molecule has 1 saturated heterocycles.